The number of carboxylic acid groups (broad SMARTS) is 1. The number of aromatic carboxylic acids is 1. The first-order chi connectivity index (χ1) is 14.9. The first kappa shape index (κ1) is 22.6. The predicted octanol–water partition coefficient (Wildman–Crippen LogP) is 4.61. The summed E-state index contributed by atoms with van der Waals surface area (Å²) in [5, 5.41) is 9.20. The molecule has 0 saturated carbocycles. The first-order valence-corrected chi connectivity index (χ1v) is 10.8. The van der Waals surface area contributed by atoms with E-state index in [1.165, 1.54) is 11.9 Å². The predicted molar refractivity (Wildman–Crippen MR) is 124 cm³/mol. The topological polar surface area (TPSA) is 110 Å². The molecule has 0 aliphatic heterocycles. The van der Waals surface area contributed by atoms with Gasteiger partial charge >= 0.3 is 5.97 Å². The van der Waals surface area contributed by atoms with Gasteiger partial charge < -0.3 is 15.6 Å². The molecule has 0 unspecified atom stereocenters. The van der Waals surface area contributed by atoms with Gasteiger partial charge in [0, 0.05) is 16.0 Å². The van der Waals surface area contributed by atoms with Gasteiger partial charge in [-0.15, -0.1) is 0 Å². The number of carbonyl (C=O) groups is 1. The largest absolute Gasteiger partial charge is 0.478 e. The van der Waals surface area contributed by atoms with Crippen LogP contribution in [0.2, 0.25) is 0 Å². The molecule has 0 fully saturated rings. The molecular weight excluding hydrogens is 412 g/mol. The maximum atomic E-state index is 11.2. The Morgan fingerprint density at radius 1 is 1.13 bits per heavy atom. The average Bonchev–Trinajstić information content (AvgIpc) is 2.75. The van der Waals surface area contributed by atoms with Gasteiger partial charge in [-0.1, -0.05) is 24.3 Å². The molecule has 162 valence electrons. The molecule has 0 bridgehead atoms. The van der Waals surface area contributed by atoms with Crippen molar-refractivity contribution in [2.75, 3.05) is 17.9 Å². The fraction of sp³-hybridized carbons (Fsp3) is 0.261. The molecule has 31 heavy (non-hydrogen) atoms. The van der Waals surface area contributed by atoms with Gasteiger partial charge in [0.1, 0.15) is 0 Å². The molecule has 4 N–H and O–H groups in total. The van der Waals surface area contributed by atoms with Crippen molar-refractivity contribution in [3.05, 3.63) is 64.7 Å². The summed E-state index contributed by atoms with van der Waals surface area (Å²) in [4.78, 5) is 21.3. The molecule has 7 nitrogen and oxygen atoms in total. The maximum Gasteiger partial charge on any atom is 0.335 e. The van der Waals surface area contributed by atoms with Crippen molar-refractivity contribution in [3.63, 3.8) is 0 Å². The van der Waals surface area contributed by atoms with Crippen LogP contribution in [0.25, 0.3) is 11.3 Å². The number of ether oxygens (including phenoxy) is 1. The Balaban J connectivity index is 1.96. The van der Waals surface area contributed by atoms with Gasteiger partial charge in [0.15, 0.2) is 0 Å². The second kappa shape index (κ2) is 10.3. The number of nitrogens with zero attached hydrogens (tertiary/aromatic N) is 2. The molecule has 0 aliphatic carbocycles. The molecule has 0 aliphatic rings. The van der Waals surface area contributed by atoms with Crippen LogP contribution in [0.15, 0.2) is 47.4 Å². The molecular formula is C23H26N4O3S. The zero-order valence-corrected chi connectivity index (χ0v) is 18.6. The van der Waals surface area contributed by atoms with Gasteiger partial charge in [-0.2, -0.15) is 4.98 Å². The summed E-state index contributed by atoms with van der Waals surface area (Å²) in [6.07, 6.45) is 0.724. The van der Waals surface area contributed by atoms with E-state index in [-0.39, 0.29) is 5.56 Å². The highest BCUT2D eigenvalue weighted by Crippen LogP contribution is 2.34. The number of aryl methyl sites for hydroxylation is 2. The molecule has 0 atom stereocenters. The molecule has 0 saturated heterocycles. The molecule has 0 amide bonds. The molecule has 2 aromatic carbocycles. The third-order valence-corrected chi connectivity index (χ3v) is 5.52. The third-order valence-electron chi connectivity index (χ3n) is 4.75. The van der Waals surface area contributed by atoms with Gasteiger partial charge in [-0.3, -0.25) is 4.72 Å². The second-order valence-electron chi connectivity index (χ2n) is 7.12. The van der Waals surface area contributed by atoms with Crippen molar-refractivity contribution >= 4 is 23.9 Å². The van der Waals surface area contributed by atoms with Crippen LogP contribution >= 0.6 is 11.9 Å². The van der Waals surface area contributed by atoms with Crippen LogP contribution in [-0.4, -0.2) is 34.2 Å². The lowest BCUT2D eigenvalue weighted by Gasteiger charge is -2.16. The lowest BCUT2D eigenvalue weighted by atomic mass is 9.97. The summed E-state index contributed by atoms with van der Waals surface area (Å²) in [7, 11) is 0. The summed E-state index contributed by atoms with van der Waals surface area (Å²) in [5.74, 6) is -0.0813. The first-order valence-electron chi connectivity index (χ1n) is 9.95. The molecule has 0 radical (unpaired) electrons. The average molecular weight is 439 g/mol. The molecule has 1 heterocycles. The van der Waals surface area contributed by atoms with Crippen LogP contribution in [-0.2, 0) is 0 Å². The van der Waals surface area contributed by atoms with Crippen LogP contribution in [0, 0.1) is 20.8 Å². The summed E-state index contributed by atoms with van der Waals surface area (Å²) >= 11 is 1.25. The smallest absolute Gasteiger partial charge is 0.335 e. The monoisotopic (exact) mass is 438 g/mol. The quantitative estimate of drug-likeness (QED) is 0.328. The summed E-state index contributed by atoms with van der Waals surface area (Å²) in [6, 6.07) is 12.8. The number of rotatable bonds is 9. The standard InChI is InChI=1S/C23H26N4O3S/c1-14-7-4-8-15(2)19(14)20-16(3)21(30-12-6-11-24)26-23(25-20)27-31-18-10-5-9-17(13-18)22(28)29/h4-5,7-10,13H,6,11-12,24H2,1-3H3,(H,28,29)(H,25,26,27). The van der Waals surface area contributed by atoms with Crippen LogP contribution in [0.5, 0.6) is 5.88 Å². The minimum atomic E-state index is -0.970. The fourth-order valence-electron chi connectivity index (χ4n) is 3.16. The summed E-state index contributed by atoms with van der Waals surface area (Å²) in [6.45, 7) is 7.06. The number of hydrogen-bond acceptors (Lipinski definition) is 7. The second-order valence-corrected chi connectivity index (χ2v) is 8.00. The van der Waals surface area contributed by atoms with Gasteiger partial charge in [-0.05, 0) is 75.0 Å². The highest BCUT2D eigenvalue weighted by Gasteiger charge is 2.17. The number of anilines is 1. The Bertz CT molecular complexity index is 1070. The van der Waals surface area contributed by atoms with E-state index in [0.29, 0.717) is 25.0 Å². The zero-order valence-electron chi connectivity index (χ0n) is 17.8. The lowest BCUT2D eigenvalue weighted by molar-refractivity contribution is 0.0696. The lowest BCUT2D eigenvalue weighted by Crippen LogP contribution is -2.10. The van der Waals surface area contributed by atoms with Crippen LogP contribution < -0.4 is 15.2 Å². The molecule has 3 rings (SSSR count). The van der Waals surface area contributed by atoms with Crippen molar-refractivity contribution < 1.29 is 14.6 Å². The molecule has 1 aromatic heterocycles. The third kappa shape index (κ3) is 5.53. The Morgan fingerprint density at radius 2 is 1.84 bits per heavy atom. The number of nitrogens with two attached hydrogens (primary N) is 1. The summed E-state index contributed by atoms with van der Waals surface area (Å²) in [5.41, 5.74) is 10.8. The van der Waals surface area contributed by atoms with Gasteiger partial charge in [0.05, 0.1) is 17.9 Å². The Kier molecular flexibility index (Phi) is 7.49. The highest BCUT2D eigenvalue weighted by atomic mass is 32.2. The van der Waals surface area contributed by atoms with Gasteiger partial charge in [0.25, 0.3) is 0 Å². The summed E-state index contributed by atoms with van der Waals surface area (Å²) < 4.78 is 9.04. The number of carboxylic acids is 1. The van der Waals surface area contributed by atoms with E-state index in [1.54, 1.807) is 18.2 Å². The van der Waals surface area contributed by atoms with E-state index >= 15 is 0 Å². The van der Waals surface area contributed by atoms with Crippen LogP contribution in [0.4, 0.5) is 5.95 Å². The van der Waals surface area contributed by atoms with Crippen molar-refractivity contribution in [2.45, 2.75) is 32.1 Å². The molecule has 3 aromatic rings. The zero-order chi connectivity index (χ0) is 22.4. The molecule has 0 spiro atoms. The van der Waals surface area contributed by atoms with Crippen LogP contribution in [0.1, 0.15) is 33.5 Å². The Labute approximate surface area is 186 Å². The minimum absolute atomic E-state index is 0.221. The number of benzene rings is 2. The number of nitrogens with one attached hydrogen (secondary N) is 1. The van der Waals surface area contributed by atoms with Crippen molar-refractivity contribution in [1.82, 2.24) is 9.97 Å². The number of aromatic nitrogens is 2. The normalized spacial score (nSPS) is 10.7. The Morgan fingerprint density at radius 3 is 2.52 bits per heavy atom. The van der Waals surface area contributed by atoms with Crippen molar-refractivity contribution in [3.8, 4) is 17.1 Å². The Hall–Kier alpha value is -3.10. The number of hydrogen-bond donors (Lipinski definition) is 3. The highest BCUT2D eigenvalue weighted by molar-refractivity contribution is 8.00. The van der Waals surface area contributed by atoms with E-state index < -0.39 is 5.97 Å². The van der Waals surface area contributed by atoms with E-state index in [4.69, 9.17) is 15.5 Å². The van der Waals surface area contributed by atoms with Crippen molar-refractivity contribution in [1.29, 1.82) is 0 Å². The SMILES string of the molecule is Cc1cccc(C)c1-c1nc(NSc2cccc(C(=O)O)c2)nc(OCCCN)c1C. The molecule has 8 heteroatoms. The van der Waals surface area contributed by atoms with E-state index in [1.807, 2.05) is 19.1 Å². The van der Waals surface area contributed by atoms with E-state index in [2.05, 4.69) is 35.7 Å². The van der Waals surface area contributed by atoms with Crippen molar-refractivity contribution in [2.24, 2.45) is 5.73 Å². The van der Waals surface area contributed by atoms with Crippen LogP contribution in [0.3, 0.4) is 0 Å². The maximum absolute atomic E-state index is 11.2. The van der Waals surface area contributed by atoms with Gasteiger partial charge in [0.2, 0.25) is 11.8 Å². The van der Waals surface area contributed by atoms with E-state index in [9.17, 15) is 9.90 Å². The minimum Gasteiger partial charge on any atom is -0.478 e. The fourth-order valence-corrected chi connectivity index (χ4v) is 3.80. The van der Waals surface area contributed by atoms with Gasteiger partial charge in [-0.25, -0.2) is 9.78 Å². The van der Waals surface area contributed by atoms with E-state index in [0.717, 1.165) is 39.3 Å².